The average Bonchev–Trinajstić information content (AvgIpc) is 2.13. The predicted octanol–water partition coefficient (Wildman–Crippen LogP) is 2.31. The zero-order valence-corrected chi connectivity index (χ0v) is 10.2. The van der Waals surface area contributed by atoms with E-state index in [0.29, 0.717) is 0 Å². The number of rotatable bonds is 2. The van der Waals surface area contributed by atoms with E-state index < -0.39 is 22.1 Å². The molecule has 17 heavy (non-hydrogen) atoms. The third-order valence-electron chi connectivity index (χ3n) is 2.09. The first-order valence-corrected chi connectivity index (χ1v) is 6.62. The number of halogens is 4. The zero-order valence-electron chi connectivity index (χ0n) is 8.62. The van der Waals surface area contributed by atoms with Gasteiger partial charge in [-0.2, -0.15) is 13.2 Å². The summed E-state index contributed by atoms with van der Waals surface area (Å²) in [7, 11) is -3.51. The Morgan fingerprint density at radius 2 is 1.88 bits per heavy atom. The molecule has 3 nitrogen and oxygen atoms in total. The Hall–Kier alpha value is -0.790. The van der Waals surface area contributed by atoms with Crippen molar-refractivity contribution in [2.45, 2.75) is 17.1 Å². The Bertz CT molecular complexity index is 528. The van der Waals surface area contributed by atoms with Gasteiger partial charge in [0.1, 0.15) is 6.04 Å². The van der Waals surface area contributed by atoms with E-state index in [1.165, 1.54) is 0 Å². The highest BCUT2D eigenvalue weighted by atomic mass is 35.5. The van der Waals surface area contributed by atoms with Crippen LogP contribution in [0, 0.1) is 0 Å². The number of hydrogen-bond donors (Lipinski definition) is 1. The molecule has 0 aliphatic rings. The first-order chi connectivity index (χ1) is 7.53. The number of alkyl halides is 3. The maximum absolute atomic E-state index is 12.3. The van der Waals surface area contributed by atoms with Crippen LogP contribution >= 0.6 is 11.6 Å². The molecular weight excluding hydrogens is 279 g/mol. The van der Waals surface area contributed by atoms with Crippen LogP contribution in [0.3, 0.4) is 0 Å². The lowest BCUT2D eigenvalue weighted by Gasteiger charge is -2.17. The first kappa shape index (κ1) is 14.3. The molecule has 0 heterocycles. The van der Waals surface area contributed by atoms with Crippen LogP contribution in [0.1, 0.15) is 11.6 Å². The van der Waals surface area contributed by atoms with E-state index in [4.69, 9.17) is 17.3 Å². The molecule has 0 spiro atoms. The van der Waals surface area contributed by atoms with Crippen molar-refractivity contribution in [3.05, 3.63) is 28.8 Å². The smallest absolute Gasteiger partial charge is 0.316 e. The lowest BCUT2D eigenvalue weighted by Crippen LogP contribution is -2.28. The Balaban J connectivity index is 3.24. The molecule has 1 aromatic rings. The van der Waals surface area contributed by atoms with E-state index in [2.05, 4.69) is 0 Å². The minimum atomic E-state index is -4.63. The standard InChI is InChI=1S/C9H9ClF3NO2S/c1-17(15,16)5-2-3-6(7(10)4-5)8(14)9(11,12)13/h2-4,8H,14H2,1H3/t8-/m1/s1. The summed E-state index contributed by atoms with van der Waals surface area (Å²) in [6.45, 7) is 0. The minimum Gasteiger partial charge on any atom is -0.316 e. The van der Waals surface area contributed by atoms with Crippen molar-refractivity contribution in [3.8, 4) is 0 Å². The van der Waals surface area contributed by atoms with Crippen molar-refractivity contribution in [2.24, 2.45) is 5.73 Å². The first-order valence-electron chi connectivity index (χ1n) is 4.35. The summed E-state index contributed by atoms with van der Waals surface area (Å²) in [6, 6.07) is 0.736. The largest absolute Gasteiger partial charge is 0.407 e. The normalized spacial score (nSPS) is 14.7. The van der Waals surface area contributed by atoms with E-state index in [-0.39, 0.29) is 15.5 Å². The summed E-state index contributed by atoms with van der Waals surface area (Å²) >= 11 is 5.59. The highest BCUT2D eigenvalue weighted by molar-refractivity contribution is 7.90. The molecule has 1 aromatic carbocycles. The van der Waals surface area contributed by atoms with Crippen LogP contribution in [0.5, 0.6) is 0 Å². The van der Waals surface area contributed by atoms with Crippen LogP contribution in [0.15, 0.2) is 23.1 Å². The molecule has 0 aromatic heterocycles. The fourth-order valence-electron chi connectivity index (χ4n) is 1.17. The Morgan fingerprint density at radius 3 is 2.24 bits per heavy atom. The van der Waals surface area contributed by atoms with Gasteiger partial charge in [0.05, 0.1) is 4.90 Å². The van der Waals surface area contributed by atoms with Crippen molar-refractivity contribution in [1.82, 2.24) is 0 Å². The summed E-state index contributed by atoms with van der Waals surface area (Å²) in [5.41, 5.74) is 4.62. The van der Waals surface area contributed by atoms with Gasteiger partial charge >= 0.3 is 6.18 Å². The van der Waals surface area contributed by atoms with Crippen LogP contribution in [-0.4, -0.2) is 20.8 Å². The van der Waals surface area contributed by atoms with Crippen molar-refractivity contribution in [2.75, 3.05) is 6.26 Å². The van der Waals surface area contributed by atoms with Gasteiger partial charge in [-0.3, -0.25) is 0 Å². The molecule has 1 rings (SSSR count). The van der Waals surface area contributed by atoms with Crippen LogP contribution in [0.25, 0.3) is 0 Å². The second-order valence-corrected chi connectivity index (χ2v) is 5.90. The van der Waals surface area contributed by atoms with Crippen LogP contribution in [-0.2, 0) is 9.84 Å². The average molecular weight is 288 g/mol. The molecule has 0 aliphatic carbocycles. The van der Waals surface area contributed by atoms with Gasteiger partial charge < -0.3 is 5.73 Å². The number of sulfone groups is 1. The van der Waals surface area contributed by atoms with Crippen LogP contribution in [0.2, 0.25) is 5.02 Å². The second kappa shape index (κ2) is 4.47. The third kappa shape index (κ3) is 3.34. The van der Waals surface area contributed by atoms with Crippen molar-refractivity contribution >= 4 is 21.4 Å². The molecule has 0 fully saturated rings. The van der Waals surface area contributed by atoms with E-state index >= 15 is 0 Å². The topological polar surface area (TPSA) is 60.2 Å². The fourth-order valence-corrected chi connectivity index (χ4v) is 2.18. The molecule has 0 aliphatic heterocycles. The van der Waals surface area contributed by atoms with Gasteiger partial charge in [0.15, 0.2) is 9.84 Å². The van der Waals surface area contributed by atoms with E-state index in [1.54, 1.807) is 0 Å². The summed E-state index contributed by atoms with van der Waals surface area (Å²) < 4.78 is 59.3. The van der Waals surface area contributed by atoms with Gasteiger partial charge in [0.25, 0.3) is 0 Å². The Labute approximate surface area is 101 Å². The SMILES string of the molecule is CS(=O)(=O)c1ccc([C@@H](N)C(F)(F)F)c(Cl)c1. The van der Waals surface area contributed by atoms with Crippen LogP contribution < -0.4 is 5.73 Å². The van der Waals surface area contributed by atoms with E-state index in [9.17, 15) is 21.6 Å². The molecule has 1 atom stereocenters. The van der Waals surface area contributed by atoms with Gasteiger partial charge in [-0.1, -0.05) is 17.7 Å². The Morgan fingerprint density at radius 1 is 1.35 bits per heavy atom. The number of benzene rings is 1. The monoisotopic (exact) mass is 287 g/mol. The van der Waals surface area contributed by atoms with Crippen molar-refractivity contribution < 1.29 is 21.6 Å². The maximum Gasteiger partial charge on any atom is 0.407 e. The number of hydrogen-bond acceptors (Lipinski definition) is 3. The second-order valence-electron chi connectivity index (χ2n) is 3.47. The quantitative estimate of drug-likeness (QED) is 0.908. The molecule has 2 N–H and O–H groups in total. The predicted molar refractivity (Wildman–Crippen MR) is 57.5 cm³/mol. The van der Waals surface area contributed by atoms with Gasteiger partial charge in [-0.15, -0.1) is 0 Å². The van der Waals surface area contributed by atoms with E-state index in [1.807, 2.05) is 0 Å². The molecule has 0 amide bonds. The minimum absolute atomic E-state index is 0.152. The molecule has 0 radical (unpaired) electrons. The molecule has 0 saturated heterocycles. The molecule has 0 saturated carbocycles. The lowest BCUT2D eigenvalue weighted by atomic mass is 10.1. The Kier molecular flexibility index (Phi) is 3.75. The molecule has 96 valence electrons. The summed E-state index contributed by atoms with van der Waals surface area (Å²) in [5, 5.41) is -0.322. The van der Waals surface area contributed by atoms with Gasteiger partial charge in [0, 0.05) is 11.3 Å². The summed E-state index contributed by atoms with van der Waals surface area (Å²) in [5.74, 6) is 0. The van der Waals surface area contributed by atoms with Gasteiger partial charge in [-0.25, -0.2) is 8.42 Å². The molecular formula is C9H9ClF3NO2S. The lowest BCUT2D eigenvalue weighted by molar-refractivity contribution is -0.149. The summed E-state index contributed by atoms with van der Waals surface area (Å²) in [6.07, 6.45) is -3.70. The fraction of sp³-hybridized carbons (Fsp3) is 0.333. The van der Waals surface area contributed by atoms with E-state index in [0.717, 1.165) is 24.5 Å². The van der Waals surface area contributed by atoms with Crippen molar-refractivity contribution in [3.63, 3.8) is 0 Å². The maximum atomic E-state index is 12.3. The van der Waals surface area contributed by atoms with Gasteiger partial charge in [0.2, 0.25) is 0 Å². The van der Waals surface area contributed by atoms with Crippen LogP contribution in [0.4, 0.5) is 13.2 Å². The molecule has 0 unspecified atom stereocenters. The zero-order chi connectivity index (χ0) is 13.4. The third-order valence-corrected chi connectivity index (χ3v) is 3.53. The van der Waals surface area contributed by atoms with Gasteiger partial charge in [-0.05, 0) is 17.7 Å². The highest BCUT2D eigenvalue weighted by Crippen LogP contribution is 2.34. The highest BCUT2D eigenvalue weighted by Gasteiger charge is 2.39. The van der Waals surface area contributed by atoms with Crippen molar-refractivity contribution in [1.29, 1.82) is 0 Å². The summed E-state index contributed by atoms with van der Waals surface area (Å²) in [4.78, 5) is -0.152. The molecule has 8 heteroatoms. The molecule has 0 bridgehead atoms. The number of nitrogens with two attached hydrogens (primary N) is 1.